The van der Waals surface area contributed by atoms with E-state index in [-0.39, 0.29) is 0 Å². The van der Waals surface area contributed by atoms with Gasteiger partial charge in [-0.1, -0.05) is 0 Å². The lowest BCUT2D eigenvalue weighted by atomic mass is 9.75. The second kappa shape index (κ2) is 11.9. The fraction of sp³-hybridized carbons (Fsp3) is 0.750. The van der Waals surface area contributed by atoms with Gasteiger partial charge in [-0.25, -0.2) is 13.2 Å². The second-order valence-electron chi connectivity index (χ2n) is 7.73. The Kier molecular flexibility index (Phi) is 11.8. The van der Waals surface area contributed by atoms with Gasteiger partial charge in [-0.2, -0.15) is 114 Å². The molecule has 29 heteroatoms. The Balaban J connectivity index is 0. The maximum atomic E-state index is 13.1. The first-order chi connectivity index (χ1) is 19.0. The van der Waals surface area contributed by atoms with E-state index in [4.69, 9.17) is 0 Å². The summed E-state index contributed by atoms with van der Waals surface area (Å²) >= 11 is 0. The van der Waals surface area contributed by atoms with Gasteiger partial charge < -0.3 is 0 Å². The molecule has 0 aromatic heterocycles. The lowest BCUT2D eigenvalue weighted by molar-refractivity contribution is -0.437. The van der Waals surface area contributed by atoms with E-state index in [9.17, 15) is 127 Å². The molecule has 45 heavy (non-hydrogen) atoms. The van der Waals surface area contributed by atoms with Crippen LogP contribution in [0.3, 0.4) is 0 Å². The van der Waals surface area contributed by atoms with E-state index in [0.717, 1.165) is 0 Å². The van der Waals surface area contributed by atoms with E-state index in [1.807, 2.05) is 0 Å². The summed E-state index contributed by atoms with van der Waals surface area (Å²) in [6.45, 7) is -1.09. The molecule has 0 rings (SSSR count). The third-order valence-corrected chi connectivity index (χ3v) is 4.74. The van der Waals surface area contributed by atoms with Gasteiger partial charge >= 0.3 is 72.1 Å². The van der Waals surface area contributed by atoms with Crippen molar-refractivity contribution in [3.05, 3.63) is 23.8 Å². The van der Waals surface area contributed by atoms with Crippen molar-refractivity contribution in [1.29, 1.82) is 0 Å². The monoisotopic (exact) mass is 746 g/mol. The number of allylic oxidation sites excluding steroid dienone is 2. The molecular weight excluding hydrogens is 743 g/mol. The van der Waals surface area contributed by atoms with Crippen LogP contribution in [-0.4, -0.2) is 60.0 Å². The standard InChI is InChI=1S/C8F16.C8H3F13/c9-1(2(10)11)3(12,13)4(14,15)5(16,17)6(18,19)7(20,21)8(22,23)24;1-4(12,13)6(14,15)5(7(16,17)18,8(19,20)21)2(9)3(10)11/h;1H3. The Morgan fingerprint density at radius 1 is 0.311 bits per heavy atom. The van der Waals surface area contributed by atoms with Crippen molar-refractivity contribution in [3.8, 4) is 0 Å². The van der Waals surface area contributed by atoms with E-state index >= 15 is 0 Å². The summed E-state index contributed by atoms with van der Waals surface area (Å²) in [6.07, 6.45) is -31.6. The lowest BCUT2D eigenvalue weighted by Crippen LogP contribution is -2.70. The quantitative estimate of drug-likeness (QED) is 0.217. The van der Waals surface area contributed by atoms with Crippen LogP contribution in [0.2, 0.25) is 0 Å². The summed E-state index contributed by atoms with van der Waals surface area (Å²) in [5.41, 5.74) is -7.38. The molecule has 0 aromatic carbocycles. The molecule has 0 unspecified atom stereocenters. The van der Waals surface area contributed by atoms with Crippen molar-refractivity contribution in [3.63, 3.8) is 0 Å². The molecule has 0 aliphatic heterocycles. The van der Waals surface area contributed by atoms with Gasteiger partial charge in [0.1, 0.15) is 0 Å². The van der Waals surface area contributed by atoms with Gasteiger partial charge in [0.25, 0.3) is 5.41 Å². The molecule has 0 nitrogen and oxygen atoms in total. The molecule has 0 atom stereocenters. The zero-order valence-electron chi connectivity index (χ0n) is 19.5. The molecule has 0 saturated carbocycles. The summed E-state index contributed by atoms with van der Waals surface area (Å²) < 4.78 is 358. The van der Waals surface area contributed by atoms with Gasteiger partial charge in [0.15, 0.2) is 5.83 Å². The molecule has 0 saturated heterocycles. The molecule has 0 aliphatic rings. The van der Waals surface area contributed by atoms with E-state index in [2.05, 4.69) is 0 Å². The number of hydrogen-bond donors (Lipinski definition) is 0. The molecule has 0 spiro atoms. The topological polar surface area (TPSA) is 0 Å². The Morgan fingerprint density at radius 2 is 0.578 bits per heavy atom. The first-order valence-corrected chi connectivity index (χ1v) is 9.23. The molecule has 0 amide bonds. The zero-order valence-corrected chi connectivity index (χ0v) is 19.5. The van der Waals surface area contributed by atoms with Crippen LogP contribution in [0.15, 0.2) is 23.8 Å². The molecule has 0 bridgehead atoms. The first kappa shape index (κ1) is 44.6. The van der Waals surface area contributed by atoms with Crippen molar-refractivity contribution in [2.24, 2.45) is 5.41 Å². The van der Waals surface area contributed by atoms with Crippen molar-refractivity contribution in [2.45, 2.75) is 66.9 Å². The molecule has 0 heterocycles. The summed E-state index contributed by atoms with van der Waals surface area (Å²) in [7, 11) is 0. The Labute approximate surface area is 225 Å². The lowest BCUT2D eigenvalue weighted by Gasteiger charge is -2.42. The zero-order chi connectivity index (χ0) is 37.8. The number of hydrogen-bond acceptors (Lipinski definition) is 0. The van der Waals surface area contributed by atoms with Crippen LogP contribution in [0.4, 0.5) is 127 Å². The van der Waals surface area contributed by atoms with Gasteiger partial charge in [0.05, 0.1) is 0 Å². The minimum absolute atomic E-state index is 1.09. The minimum atomic E-state index is -8.31. The SMILES string of the molecule is CC(F)(F)C(F)(F)C(C(F)=C(F)F)(C(F)(F)F)C(F)(F)F.FC(F)=C(F)C(F)(F)C(F)(F)C(F)(F)C(F)(F)C(F)(F)C(F)(F)F. The van der Waals surface area contributed by atoms with Crippen molar-refractivity contribution < 1.29 is 127 Å². The highest BCUT2D eigenvalue weighted by Crippen LogP contribution is 2.67. The number of rotatable bonds is 8. The van der Waals surface area contributed by atoms with Gasteiger partial charge in [-0.15, -0.1) is 0 Å². The third kappa shape index (κ3) is 6.66. The number of halogens is 29. The minimum Gasteiger partial charge on any atom is -0.204 e. The molecule has 0 aliphatic carbocycles. The summed E-state index contributed by atoms with van der Waals surface area (Å²) in [4.78, 5) is 0. The highest BCUT2D eigenvalue weighted by Gasteiger charge is 2.92. The maximum absolute atomic E-state index is 13.1. The molecule has 0 N–H and O–H groups in total. The van der Waals surface area contributed by atoms with Crippen molar-refractivity contribution in [1.82, 2.24) is 0 Å². The largest absolute Gasteiger partial charge is 0.460 e. The van der Waals surface area contributed by atoms with E-state index in [1.165, 1.54) is 0 Å². The smallest absolute Gasteiger partial charge is 0.204 e. The van der Waals surface area contributed by atoms with Crippen LogP contribution < -0.4 is 0 Å². The molecule has 0 aromatic rings. The molecule has 270 valence electrons. The van der Waals surface area contributed by atoms with Crippen LogP contribution in [0, 0.1) is 5.41 Å². The van der Waals surface area contributed by atoms with Gasteiger partial charge in [-0.05, 0) is 0 Å². The van der Waals surface area contributed by atoms with Crippen molar-refractivity contribution in [2.75, 3.05) is 0 Å². The summed E-state index contributed by atoms with van der Waals surface area (Å²) in [5.74, 6) is -63.1. The first-order valence-electron chi connectivity index (χ1n) is 9.23. The van der Waals surface area contributed by atoms with E-state index in [1.54, 1.807) is 0 Å². The Morgan fingerprint density at radius 3 is 0.778 bits per heavy atom. The van der Waals surface area contributed by atoms with Crippen LogP contribution >= 0.6 is 0 Å². The number of alkyl halides is 23. The van der Waals surface area contributed by atoms with Crippen LogP contribution in [0.1, 0.15) is 6.92 Å². The average molecular weight is 746 g/mol. The van der Waals surface area contributed by atoms with Gasteiger partial charge in [0, 0.05) is 6.92 Å². The highest BCUT2D eigenvalue weighted by molar-refractivity contribution is 5.24. The fourth-order valence-electron chi connectivity index (χ4n) is 2.40. The molecule has 0 fully saturated rings. The van der Waals surface area contributed by atoms with Crippen LogP contribution in [0.25, 0.3) is 0 Å². The summed E-state index contributed by atoms with van der Waals surface area (Å²) in [5, 5.41) is 0. The Bertz CT molecular complexity index is 1080. The molecular formula is C16H3F29. The highest BCUT2D eigenvalue weighted by atomic mass is 19.4. The predicted molar refractivity (Wildman–Crippen MR) is 81.6 cm³/mol. The Hall–Kier alpha value is -2.55. The normalized spacial score (nSPS) is 15.3. The second-order valence-corrected chi connectivity index (χ2v) is 7.73. The van der Waals surface area contributed by atoms with Gasteiger partial charge in [-0.3, -0.25) is 0 Å². The summed E-state index contributed by atoms with van der Waals surface area (Å²) in [6, 6.07) is 0. The third-order valence-electron chi connectivity index (χ3n) is 4.74. The average Bonchev–Trinajstić information content (AvgIpc) is 2.74. The maximum Gasteiger partial charge on any atom is 0.460 e. The van der Waals surface area contributed by atoms with Crippen molar-refractivity contribution >= 4 is 0 Å². The van der Waals surface area contributed by atoms with E-state index in [0.29, 0.717) is 0 Å². The predicted octanol–water partition coefficient (Wildman–Crippen LogP) is 11.3. The van der Waals surface area contributed by atoms with Crippen LogP contribution in [-0.2, 0) is 0 Å². The van der Waals surface area contributed by atoms with Crippen LogP contribution in [0.5, 0.6) is 0 Å². The fourth-order valence-corrected chi connectivity index (χ4v) is 2.40. The molecule has 0 radical (unpaired) electrons. The van der Waals surface area contributed by atoms with E-state index < -0.39 is 96.1 Å². The van der Waals surface area contributed by atoms with Gasteiger partial charge in [0.2, 0.25) is 5.83 Å².